The molecule has 0 aliphatic rings. The molecule has 0 amide bonds. The zero-order chi connectivity index (χ0) is 51.0. The molecule has 4 heterocycles. The van der Waals surface area contributed by atoms with Gasteiger partial charge in [0.2, 0.25) is 0 Å². The molecule has 17 aromatic rings. The van der Waals surface area contributed by atoms with E-state index in [-0.39, 0.29) is 0 Å². The molecule has 13 aromatic carbocycles. The van der Waals surface area contributed by atoms with E-state index in [0.717, 1.165) is 89.1 Å². The summed E-state index contributed by atoms with van der Waals surface area (Å²) in [6.45, 7) is 0. The van der Waals surface area contributed by atoms with E-state index in [1.165, 1.54) is 72.7 Å². The number of benzene rings is 13. The van der Waals surface area contributed by atoms with Crippen molar-refractivity contribution in [2.24, 2.45) is 0 Å². The van der Waals surface area contributed by atoms with Gasteiger partial charge in [-0.25, -0.2) is 0 Å². The van der Waals surface area contributed by atoms with Crippen LogP contribution in [0.1, 0.15) is 0 Å². The molecule has 0 aliphatic heterocycles. The van der Waals surface area contributed by atoms with Crippen LogP contribution in [0.4, 0.5) is 34.1 Å². The van der Waals surface area contributed by atoms with Crippen molar-refractivity contribution < 1.29 is 8.83 Å². The molecule has 0 atom stereocenters. The van der Waals surface area contributed by atoms with Crippen LogP contribution in [0.5, 0.6) is 0 Å². The number of furan rings is 2. The standard InChI is InChI=1S/C72H42N2O2S2/c1-2-19-47(20-3-1)74(60-26-14-18-43-15-4-7-21-50(43)60)61-39-45-17-6-9-23-52(45)69-59-41-48(32-38-67(59)78-72(61)69)73(49-31-34-58-65(42-49)76-63-37-30-44-16-5-8-22-51(44)68(58)63)70-53(35-36-57-56-25-11-13-28-66(56)77-71(57)70)46-29-33-55-54-24-10-12-27-62(54)75-64(55)40-46/h1-42H. The van der Waals surface area contributed by atoms with E-state index in [4.69, 9.17) is 8.83 Å². The fraction of sp³-hybridized carbons (Fsp3) is 0. The van der Waals surface area contributed by atoms with Crippen LogP contribution in [0.2, 0.25) is 0 Å². The molecule has 0 unspecified atom stereocenters. The van der Waals surface area contributed by atoms with Gasteiger partial charge in [-0.05, 0) is 117 Å². The third-order valence-electron chi connectivity index (χ3n) is 16.0. The first-order valence-electron chi connectivity index (χ1n) is 26.4. The van der Waals surface area contributed by atoms with Crippen molar-refractivity contribution in [1.29, 1.82) is 0 Å². The molecule has 4 nitrogen and oxygen atoms in total. The van der Waals surface area contributed by atoms with Crippen molar-refractivity contribution in [2.75, 3.05) is 9.80 Å². The van der Waals surface area contributed by atoms with Gasteiger partial charge >= 0.3 is 0 Å². The molecule has 4 aromatic heterocycles. The van der Waals surface area contributed by atoms with Crippen LogP contribution in [-0.2, 0) is 0 Å². The van der Waals surface area contributed by atoms with Gasteiger partial charge in [0.25, 0.3) is 0 Å². The number of fused-ring (bicyclic) bond motifs is 17. The molecule has 0 saturated carbocycles. The maximum atomic E-state index is 6.91. The van der Waals surface area contributed by atoms with E-state index >= 15 is 0 Å². The first kappa shape index (κ1) is 43.5. The Morgan fingerprint density at radius 3 is 1.77 bits per heavy atom. The Balaban J connectivity index is 0.966. The molecular formula is C72H42N2O2S2. The largest absolute Gasteiger partial charge is 0.456 e. The number of rotatable bonds is 7. The molecule has 6 heteroatoms. The zero-order valence-electron chi connectivity index (χ0n) is 41.8. The predicted molar refractivity (Wildman–Crippen MR) is 334 cm³/mol. The number of hydrogen-bond acceptors (Lipinski definition) is 6. The van der Waals surface area contributed by atoms with Gasteiger partial charge in [0, 0.05) is 86.6 Å². The molecule has 0 saturated heterocycles. The van der Waals surface area contributed by atoms with Crippen molar-refractivity contribution in [3.05, 3.63) is 255 Å². The Morgan fingerprint density at radius 2 is 0.897 bits per heavy atom. The summed E-state index contributed by atoms with van der Waals surface area (Å²) < 4.78 is 18.4. The Kier molecular flexibility index (Phi) is 9.42. The monoisotopic (exact) mass is 1030 g/mol. The second-order valence-corrected chi connectivity index (χ2v) is 22.4. The van der Waals surface area contributed by atoms with Gasteiger partial charge in [-0.2, -0.15) is 0 Å². The van der Waals surface area contributed by atoms with E-state index < -0.39 is 0 Å². The van der Waals surface area contributed by atoms with Crippen LogP contribution in [0, 0.1) is 0 Å². The molecule has 0 N–H and O–H groups in total. The smallest absolute Gasteiger partial charge is 0.137 e. The number of anilines is 6. The number of hydrogen-bond donors (Lipinski definition) is 0. The number of para-hydroxylation sites is 2. The summed E-state index contributed by atoms with van der Waals surface area (Å²) in [5, 5.41) is 16.5. The molecule has 0 spiro atoms. The van der Waals surface area contributed by atoms with Crippen LogP contribution in [-0.4, -0.2) is 0 Å². The second-order valence-electron chi connectivity index (χ2n) is 20.3. The fourth-order valence-electron chi connectivity index (χ4n) is 12.5. The average Bonchev–Trinajstić information content (AvgIpc) is 4.40. The maximum absolute atomic E-state index is 6.91. The van der Waals surface area contributed by atoms with Gasteiger partial charge in [0.1, 0.15) is 22.3 Å². The van der Waals surface area contributed by atoms with Crippen molar-refractivity contribution in [1.82, 2.24) is 0 Å². The summed E-state index contributed by atoms with van der Waals surface area (Å²) in [5.41, 5.74) is 12.2. The third-order valence-corrected chi connectivity index (χ3v) is 18.4. The van der Waals surface area contributed by atoms with E-state index in [0.29, 0.717) is 0 Å². The summed E-state index contributed by atoms with van der Waals surface area (Å²) in [6, 6.07) is 92.9. The average molecular weight is 1030 g/mol. The Hall–Kier alpha value is -9.72. The third kappa shape index (κ3) is 6.51. The molecule has 0 radical (unpaired) electrons. The van der Waals surface area contributed by atoms with Gasteiger partial charge in [0.15, 0.2) is 0 Å². The van der Waals surface area contributed by atoms with Crippen LogP contribution >= 0.6 is 22.7 Å². The maximum Gasteiger partial charge on any atom is 0.137 e. The lowest BCUT2D eigenvalue weighted by Gasteiger charge is -2.29. The minimum absolute atomic E-state index is 0.838. The van der Waals surface area contributed by atoms with E-state index in [1.54, 1.807) is 0 Å². The lowest BCUT2D eigenvalue weighted by Crippen LogP contribution is -2.11. The van der Waals surface area contributed by atoms with Gasteiger partial charge < -0.3 is 18.6 Å². The van der Waals surface area contributed by atoms with Crippen LogP contribution in [0.3, 0.4) is 0 Å². The minimum Gasteiger partial charge on any atom is -0.456 e. The summed E-state index contributed by atoms with van der Waals surface area (Å²) in [5.74, 6) is 0. The molecule has 78 heavy (non-hydrogen) atoms. The van der Waals surface area contributed by atoms with E-state index in [9.17, 15) is 0 Å². The Labute approximate surface area is 455 Å². The zero-order valence-corrected chi connectivity index (χ0v) is 43.4. The van der Waals surface area contributed by atoms with Gasteiger partial charge in [-0.1, -0.05) is 164 Å². The highest BCUT2D eigenvalue weighted by Crippen LogP contribution is 2.54. The van der Waals surface area contributed by atoms with Crippen LogP contribution in [0.15, 0.2) is 264 Å². The normalized spacial score (nSPS) is 12.1. The summed E-state index contributed by atoms with van der Waals surface area (Å²) in [4.78, 5) is 4.97. The van der Waals surface area contributed by atoms with Crippen molar-refractivity contribution in [3.8, 4) is 11.1 Å². The van der Waals surface area contributed by atoms with Crippen LogP contribution in [0.25, 0.3) is 128 Å². The SMILES string of the molecule is c1ccc(N(c2cccc3ccccc23)c2cc3ccccc3c3c2sc2ccc(N(c4ccc5c(c4)oc4ccc6ccccc6c45)c4c(-c5ccc6c(c5)oc5ccccc56)ccc5c4sc4ccccc45)cc23)cc1. The topological polar surface area (TPSA) is 32.8 Å². The van der Waals surface area contributed by atoms with Crippen molar-refractivity contribution >= 4 is 173 Å². The molecule has 17 rings (SSSR count). The minimum atomic E-state index is 0.838. The fourth-order valence-corrected chi connectivity index (χ4v) is 14.9. The first-order chi connectivity index (χ1) is 38.7. The quantitative estimate of drug-likeness (QED) is 0.159. The van der Waals surface area contributed by atoms with Crippen LogP contribution < -0.4 is 9.80 Å². The highest BCUT2D eigenvalue weighted by molar-refractivity contribution is 7.27. The molecule has 0 bridgehead atoms. The first-order valence-corrected chi connectivity index (χ1v) is 28.0. The lowest BCUT2D eigenvalue weighted by atomic mass is 9.97. The van der Waals surface area contributed by atoms with Gasteiger partial charge in [-0.15, -0.1) is 22.7 Å². The molecular weight excluding hydrogens is 989 g/mol. The van der Waals surface area contributed by atoms with Gasteiger partial charge in [-0.3, -0.25) is 0 Å². The van der Waals surface area contributed by atoms with Crippen molar-refractivity contribution in [3.63, 3.8) is 0 Å². The molecule has 0 aliphatic carbocycles. The van der Waals surface area contributed by atoms with E-state index in [1.807, 2.05) is 28.7 Å². The summed E-state index contributed by atoms with van der Waals surface area (Å²) >= 11 is 3.72. The Morgan fingerprint density at radius 1 is 0.282 bits per heavy atom. The molecule has 364 valence electrons. The van der Waals surface area contributed by atoms with Crippen molar-refractivity contribution in [2.45, 2.75) is 0 Å². The highest BCUT2D eigenvalue weighted by Gasteiger charge is 2.27. The summed E-state index contributed by atoms with van der Waals surface area (Å²) in [7, 11) is 0. The second kappa shape index (κ2) is 16.9. The summed E-state index contributed by atoms with van der Waals surface area (Å²) in [6.07, 6.45) is 0. The Bertz CT molecular complexity index is 5310. The van der Waals surface area contributed by atoms with E-state index in [2.05, 4.69) is 259 Å². The van der Waals surface area contributed by atoms with Gasteiger partial charge in [0.05, 0.1) is 26.5 Å². The molecule has 0 fully saturated rings. The predicted octanol–water partition coefficient (Wildman–Crippen LogP) is 22.3. The highest BCUT2D eigenvalue weighted by atomic mass is 32.1. The number of nitrogens with zero attached hydrogens (tertiary/aromatic N) is 2. The number of thiophene rings is 2. The lowest BCUT2D eigenvalue weighted by molar-refractivity contribution is 0.669.